The lowest BCUT2D eigenvalue weighted by atomic mass is 10.0. The number of hydrogen-bond acceptors (Lipinski definition) is 6. The molecule has 0 atom stereocenters. The Kier molecular flexibility index (Phi) is 3.61. The van der Waals surface area contributed by atoms with Gasteiger partial charge in [-0.2, -0.15) is 9.97 Å². The molecule has 0 aliphatic heterocycles. The lowest BCUT2D eigenvalue weighted by Crippen LogP contribution is -2.02. The van der Waals surface area contributed by atoms with Crippen LogP contribution in [-0.2, 0) is 0 Å². The van der Waals surface area contributed by atoms with Gasteiger partial charge in [-0.15, -0.1) is 0 Å². The van der Waals surface area contributed by atoms with Gasteiger partial charge in [0, 0.05) is 32.7 Å². The number of nitrogens with zero attached hydrogens (tertiary/aromatic N) is 3. The van der Waals surface area contributed by atoms with Gasteiger partial charge in [0.2, 0.25) is 5.95 Å². The first kappa shape index (κ1) is 17.9. The second-order valence-corrected chi connectivity index (χ2v) is 7.89. The lowest BCUT2D eigenvalue weighted by Gasteiger charge is -2.07. The first-order valence-corrected chi connectivity index (χ1v) is 10.6. The summed E-state index contributed by atoms with van der Waals surface area (Å²) in [6.45, 7) is 0. The number of rotatable bonds is 2. The molecule has 0 saturated heterocycles. The van der Waals surface area contributed by atoms with Crippen LogP contribution in [0.3, 0.4) is 0 Å². The summed E-state index contributed by atoms with van der Waals surface area (Å²) < 4.78 is 12.1. The molecule has 0 radical (unpaired) electrons. The Bertz CT molecular complexity index is 1720. The minimum absolute atomic E-state index is 0.157. The maximum absolute atomic E-state index is 6.19. The summed E-state index contributed by atoms with van der Waals surface area (Å²) >= 11 is 0. The highest BCUT2D eigenvalue weighted by molar-refractivity contribution is 6.13. The lowest BCUT2D eigenvalue weighted by molar-refractivity contribution is 0.668. The van der Waals surface area contributed by atoms with E-state index in [0.717, 1.165) is 55.0 Å². The maximum Gasteiger partial charge on any atom is 0.224 e. The molecule has 0 saturated carbocycles. The van der Waals surface area contributed by atoms with Gasteiger partial charge in [-0.25, -0.2) is 4.98 Å². The zero-order chi connectivity index (χ0) is 21.9. The third kappa shape index (κ3) is 2.64. The Labute approximate surface area is 187 Å². The van der Waals surface area contributed by atoms with E-state index in [1.807, 2.05) is 84.9 Å². The molecule has 0 spiro atoms. The van der Waals surface area contributed by atoms with E-state index in [1.54, 1.807) is 0 Å². The molecule has 2 N–H and O–H groups in total. The highest BCUT2D eigenvalue weighted by Crippen LogP contribution is 2.38. The third-order valence-electron chi connectivity index (χ3n) is 5.94. The van der Waals surface area contributed by atoms with Gasteiger partial charge >= 0.3 is 0 Å². The molecule has 6 nitrogen and oxygen atoms in total. The van der Waals surface area contributed by atoms with E-state index in [4.69, 9.17) is 19.6 Å². The number of benzene rings is 4. The van der Waals surface area contributed by atoms with E-state index in [2.05, 4.69) is 9.97 Å². The van der Waals surface area contributed by atoms with Crippen LogP contribution >= 0.6 is 0 Å². The summed E-state index contributed by atoms with van der Waals surface area (Å²) in [5, 5.41) is 3.92. The molecule has 7 aromatic rings. The van der Waals surface area contributed by atoms with Gasteiger partial charge in [0.15, 0.2) is 11.6 Å². The molecule has 156 valence electrons. The zero-order valence-corrected chi connectivity index (χ0v) is 17.3. The predicted octanol–water partition coefficient (Wildman–Crippen LogP) is 6.59. The van der Waals surface area contributed by atoms with Crippen LogP contribution in [0.15, 0.2) is 93.8 Å². The molecule has 0 aliphatic rings. The van der Waals surface area contributed by atoms with Crippen LogP contribution < -0.4 is 5.73 Å². The Morgan fingerprint density at radius 3 is 1.45 bits per heavy atom. The van der Waals surface area contributed by atoms with Crippen LogP contribution in [0.1, 0.15) is 0 Å². The minimum Gasteiger partial charge on any atom is -0.456 e. The molecule has 6 heteroatoms. The summed E-state index contributed by atoms with van der Waals surface area (Å²) in [6.07, 6.45) is 0. The average molecular weight is 428 g/mol. The van der Waals surface area contributed by atoms with Crippen LogP contribution in [0.2, 0.25) is 0 Å². The predicted molar refractivity (Wildman–Crippen MR) is 130 cm³/mol. The van der Waals surface area contributed by atoms with E-state index in [0.29, 0.717) is 11.6 Å². The number of fused-ring (bicyclic) bond motifs is 6. The van der Waals surface area contributed by atoms with Crippen molar-refractivity contribution in [3.63, 3.8) is 0 Å². The van der Waals surface area contributed by atoms with E-state index in [9.17, 15) is 0 Å². The molecular formula is C27H16N4O2. The van der Waals surface area contributed by atoms with Crippen LogP contribution in [0, 0.1) is 0 Å². The van der Waals surface area contributed by atoms with E-state index < -0.39 is 0 Å². The normalized spacial score (nSPS) is 11.8. The Hall–Kier alpha value is -4.71. The Morgan fingerprint density at radius 2 is 0.939 bits per heavy atom. The van der Waals surface area contributed by atoms with Crippen molar-refractivity contribution in [2.45, 2.75) is 0 Å². The van der Waals surface area contributed by atoms with Crippen molar-refractivity contribution >= 4 is 49.8 Å². The van der Waals surface area contributed by atoms with Crippen LogP contribution in [0.4, 0.5) is 5.95 Å². The number of nitrogens with two attached hydrogens (primary N) is 1. The Morgan fingerprint density at radius 1 is 0.485 bits per heavy atom. The third-order valence-corrected chi connectivity index (χ3v) is 5.94. The quantitative estimate of drug-likeness (QED) is 0.334. The molecule has 0 unspecified atom stereocenters. The number of aromatic nitrogens is 3. The molecule has 3 aromatic heterocycles. The summed E-state index contributed by atoms with van der Waals surface area (Å²) in [5.41, 5.74) is 11.1. The fourth-order valence-electron chi connectivity index (χ4n) is 4.56. The highest BCUT2D eigenvalue weighted by Gasteiger charge is 2.18. The van der Waals surface area contributed by atoms with Gasteiger partial charge in [0.05, 0.1) is 0 Å². The first-order chi connectivity index (χ1) is 16.3. The first-order valence-electron chi connectivity index (χ1n) is 10.6. The average Bonchev–Trinajstić information content (AvgIpc) is 3.42. The largest absolute Gasteiger partial charge is 0.456 e. The maximum atomic E-state index is 6.19. The van der Waals surface area contributed by atoms with Gasteiger partial charge in [0.25, 0.3) is 0 Å². The number of furan rings is 2. The van der Waals surface area contributed by atoms with Crippen molar-refractivity contribution < 1.29 is 8.83 Å². The van der Waals surface area contributed by atoms with Crippen LogP contribution in [0.5, 0.6) is 0 Å². The van der Waals surface area contributed by atoms with Crippen molar-refractivity contribution in [3.05, 3.63) is 84.9 Å². The zero-order valence-electron chi connectivity index (χ0n) is 17.3. The number of anilines is 1. The SMILES string of the molecule is Nc1nc(-c2cccc3oc4ccccc4c23)nc(-c2cccc3oc4ccccc4c23)n1. The number of para-hydroxylation sites is 2. The van der Waals surface area contributed by atoms with Crippen LogP contribution in [-0.4, -0.2) is 15.0 Å². The van der Waals surface area contributed by atoms with Crippen molar-refractivity contribution in [2.24, 2.45) is 0 Å². The molecule has 0 bridgehead atoms. The van der Waals surface area contributed by atoms with Gasteiger partial charge < -0.3 is 14.6 Å². The molecule has 33 heavy (non-hydrogen) atoms. The number of nitrogen functional groups attached to an aromatic ring is 1. The van der Waals surface area contributed by atoms with Crippen LogP contribution in [0.25, 0.3) is 66.7 Å². The van der Waals surface area contributed by atoms with E-state index >= 15 is 0 Å². The fraction of sp³-hybridized carbons (Fsp3) is 0. The summed E-state index contributed by atoms with van der Waals surface area (Å²) in [7, 11) is 0. The van der Waals surface area contributed by atoms with E-state index in [1.165, 1.54) is 0 Å². The van der Waals surface area contributed by atoms with Crippen molar-refractivity contribution in [2.75, 3.05) is 5.73 Å². The highest BCUT2D eigenvalue weighted by atomic mass is 16.3. The standard InChI is InChI=1S/C27H16N4O2/c28-27-30-25(17-9-5-13-21-23(17)15-7-1-3-11-19(15)32-21)29-26(31-27)18-10-6-14-22-24(18)16-8-2-4-12-20(16)33-22/h1-14H,(H2,28,29,30,31). The molecule has 7 rings (SSSR count). The van der Waals surface area contributed by atoms with Gasteiger partial charge in [0.1, 0.15) is 22.3 Å². The van der Waals surface area contributed by atoms with Gasteiger partial charge in [-0.1, -0.05) is 60.7 Å². The summed E-state index contributed by atoms with van der Waals surface area (Å²) in [5.74, 6) is 1.16. The van der Waals surface area contributed by atoms with Gasteiger partial charge in [-0.3, -0.25) is 0 Å². The minimum atomic E-state index is 0.157. The summed E-state index contributed by atoms with van der Waals surface area (Å²) in [6, 6.07) is 27.6. The van der Waals surface area contributed by atoms with Crippen molar-refractivity contribution in [1.29, 1.82) is 0 Å². The molecule has 0 amide bonds. The summed E-state index contributed by atoms with van der Waals surface area (Å²) in [4.78, 5) is 13.8. The second kappa shape index (κ2) is 6.64. The van der Waals surface area contributed by atoms with Crippen molar-refractivity contribution in [1.82, 2.24) is 15.0 Å². The van der Waals surface area contributed by atoms with Gasteiger partial charge in [-0.05, 0) is 24.3 Å². The molecule has 0 aliphatic carbocycles. The topological polar surface area (TPSA) is 91.0 Å². The molecule has 3 heterocycles. The smallest absolute Gasteiger partial charge is 0.224 e. The fourth-order valence-corrected chi connectivity index (χ4v) is 4.56. The number of hydrogen-bond donors (Lipinski definition) is 1. The molecule has 0 fully saturated rings. The molecule has 4 aromatic carbocycles. The molecular weight excluding hydrogens is 412 g/mol. The monoisotopic (exact) mass is 428 g/mol. The van der Waals surface area contributed by atoms with E-state index in [-0.39, 0.29) is 5.95 Å². The Balaban J connectivity index is 1.52. The van der Waals surface area contributed by atoms with Crippen molar-refractivity contribution in [3.8, 4) is 22.8 Å². The second-order valence-electron chi connectivity index (χ2n) is 7.89.